The SMILES string of the molecule is Cn1nc(-c2ccncc2)cc1NC(=O)C(=O)N[C@H]1CCc2ccccc21. The number of aromatic nitrogens is 3. The molecule has 1 atom stereocenters. The minimum Gasteiger partial charge on any atom is -0.341 e. The van der Waals surface area contributed by atoms with Gasteiger partial charge in [-0.25, -0.2) is 0 Å². The summed E-state index contributed by atoms with van der Waals surface area (Å²) in [7, 11) is 1.71. The number of benzene rings is 1. The first-order chi connectivity index (χ1) is 13.1. The van der Waals surface area contributed by atoms with Crippen LogP contribution in [0.4, 0.5) is 5.82 Å². The van der Waals surface area contributed by atoms with Gasteiger partial charge in [-0.1, -0.05) is 24.3 Å². The fraction of sp³-hybridized carbons (Fsp3) is 0.200. The van der Waals surface area contributed by atoms with E-state index in [1.807, 2.05) is 30.3 Å². The molecule has 2 heterocycles. The van der Waals surface area contributed by atoms with Gasteiger partial charge in [0, 0.05) is 31.1 Å². The first kappa shape index (κ1) is 17.0. The van der Waals surface area contributed by atoms with Crippen molar-refractivity contribution in [3.8, 4) is 11.3 Å². The second-order valence-corrected chi connectivity index (χ2v) is 6.49. The molecule has 1 aliphatic rings. The summed E-state index contributed by atoms with van der Waals surface area (Å²) in [4.78, 5) is 28.7. The maximum Gasteiger partial charge on any atom is 0.314 e. The van der Waals surface area contributed by atoms with Crippen molar-refractivity contribution in [1.29, 1.82) is 0 Å². The van der Waals surface area contributed by atoms with Crippen LogP contribution in [0.2, 0.25) is 0 Å². The predicted octanol–water partition coefficient (Wildman–Crippen LogP) is 2.22. The first-order valence-corrected chi connectivity index (χ1v) is 8.76. The zero-order valence-corrected chi connectivity index (χ0v) is 14.8. The largest absolute Gasteiger partial charge is 0.341 e. The number of hydrogen-bond acceptors (Lipinski definition) is 4. The molecule has 7 nitrogen and oxygen atoms in total. The molecular weight excluding hydrogens is 342 g/mol. The highest BCUT2D eigenvalue weighted by molar-refractivity contribution is 6.39. The summed E-state index contributed by atoms with van der Waals surface area (Å²) < 4.78 is 1.53. The van der Waals surface area contributed by atoms with Crippen molar-refractivity contribution in [2.45, 2.75) is 18.9 Å². The van der Waals surface area contributed by atoms with Gasteiger partial charge >= 0.3 is 11.8 Å². The highest BCUT2D eigenvalue weighted by atomic mass is 16.2. The number of hydrogen-bond donors (Lipinski definition) is 2. The van der Waals surface area contributed by atoms with Crippen LogP contribution in [0.5, 0.6) is 0 Å². The number of anilines is 1. The molecule has 0 spiro atoms. The number of amides is 2. The minimum atomic E-state index is -0.705. The highest BCUT2D eigenvalue weighted by Crippen LogP contribution is 2.30. The second kappa shape index (κ2) is 7.03. The molecule has 0 fully saturated rings. The Labute approximate surface area is 156 Å². The van der Waals surface area contributed by atoms with Crippen LogP contribution in [0, 0.1) is 0 Å². The van der Waals surface area contributed by atoms with Crippen molar-refractivity contribution < 1.29 is 9.59 Å². The molecule has 1 aliphatic carbocycles. The summed E-state index contributed by atoms with van der Waals surface area (Å²) in [6.07, 6.45) is 5.06. The number of nitrogens with zero attached hydrogens (tertiary/aromatic N) is 3. The van der Waals surface area contributed by atoms with Crippen LogP contribution in [-0.4, -0.2) is 26.6 Å². The zero-order chi connectivity index (χ0) is 18.8. The van der Waals surface area contributed by atoms with Gasteiger partial charge in [-0.15, -0.1) is 0 Å². The maximum absolute atomic E-state index is 12.3. The van der Waals surface area contributed by atoms with E-state index in [0.717, 1.165) is 24.0 Å². The summed E-state index contributed by atoms with van der Waals surface area (Å²) in [5, 5.41) is 9.82. The second-order valence-electron chi connectivity index (χ2n) is 6.49. The summed E-state index contributed by atoms with van der Waals surface area (Å²) in [5.41, 5.74) is 3.88. The van der Waals surface area contributed by atoms with Crippen LogP contribution in [0.15, 0.2) is 54.9 Å². The molecule has 2 aromatic heterocycles. The molecule has 1 aromatic carbocycles. The normalized spacial score (nSPS) is 15.2. The van der Waals surface area contributed by atoms with Gasteiger partial charge in [0.05, 0.1) is 11.7 Å². The van der Waals surface area contributed by atoms with Crippen LogP contribution < -0.4 is 10.6 Å². The number of rotatable bonds is 3. The Morgan fingerprint density at radius 2 is 1.89 bits per heavy atom. The Balaban J connectivity index is 1.44. The summed E-state index contributed by atoms with van der Waals surface area (Å²) in [6.45, 7) is 0. The van der Waals surface area contributed by atoms with Crippen LogP contribution in [0.1, 0.15) is 23.6 Å². The third kappa shape index (κ3) is 3.44. The van der Waals surface area contributed by atoms with Gasteiger partial charge in [0.2, 0.25) is 0 Å². The van der Waals surface area contributed by atoms with Gasteiger partial charge in [-0.3, -0.25) is 19.3 Å². The lowest BCUT2D eigenvalue weighted by molar-refractivity contribution is -0.136. The van der Waals surface area contributed by atoms with Crippen molar-refractivity contribution in [2.24, 2.45) is 7.05 Å². The number of nitrogens with one attached hydrogen (secondary N) is 2. The van der Waals surface area contributed by atoms with E-state index < -0.39 is 11.8 Å². The van der Waals surface area contributed by atoms with Crippen LogP contribution in [0.3, 0.4) is 0 Å². The fourth-order valence-corrected chi connectivity index (χ4v) is 3.35. The number of fused-ring (bicyclic) bond motifs is 1. The molecule has 2 N–H and O–H groups in total. The van der Waals surface area contributed by atoms with E-state index in [4.69, 9.17) is 0 Å². The maximum atomic E-state index is 12.3. The highest BCUT2D eigenvalue weighted by Gasteiger charge is 2.26. The minimum absolute atomic E-state index is 0.127. The van der Waals surface area contributed by atoms with Gasteiger partial charge in [-0.05, 0) is 36.1 Å². The number of aryl methyl sites for hydroxylation is 2. The number of pyridine rings is 1. The lowest BCUT2D eigenvalue weighted by atomic mass is 10.1. The molecule has 136 valence electrons. The molecule has 0 saturated heterocycles. The van der Waals surface area contributed by atoms with E-state index in [1.165, 1.54) is 10.2 Å². The molecule has 0 saturated carbocycles. The lowest BCUT2D eigenvalue weighted by Crippen LogP contribution is -2.37. The predicted molar refractivity (Wildman–Crippen MR) is 101 cm³/mol. The quantitative estimate of drug-likeness (QED) is 0.700. The van der Waals surface area contributed by atoms with Gasteiger partial charge in [-0.2, -0.15) is 5.10 Å². The Morgan fingerprint density at radius 1 is 1.11 bits per heavy atom. The van der Waals surface area contributed by atoms with Gasteiger partial charge in [0.1, 0.15) is 5.82 Å². The number of carbonyl (C=O) groups excluding carboxylic acids is 2. The Morgan fingerprint density at radius 3 is 2.70 bits per heavy atom. The monoisotopic (exact) mass is 361 g/mol. The van der Waals surface area contributed by atoms with Gasteiger partial charge < -0.3 is 10.6 Å². The van der Waals surface area contributed by atoms with E-state index in [1.54, 1.807) is 25.5 Å². The Bertz CT molecular complexity index is 997. The molecule has 0 radical (unpaired) electrons. The van der Waals surface area contributed by atoms with Gasteiger partial charge in [0.25, 0.3) is 0 Å². The smallest absolute Gasteiger partial charge is 0.314 e. The number of carbonyl (C=O) groups is 2. The molecular formula is C20H19N5O2. The molecule has 2 amide bonds. The summed E-state index contributed by atoms with van der Waals surface area (Å²) >= 11 is 0. The van der Waals surface area contributed by atoms with Crippen LogP contribution in [-0.2, 0) is 23.1 Å². The topological polar surface area (TPSA) is 88.9 Å². The summed E-state index contributed by atoms with van der Waals surface area (Å²) in [5.74, 6) is -0.902. The summed E-state index contributed by atoms with van der Waals surface area (Å²) in [6, 6.07) is 13.2. The van der Waals surface area contributed by atoms with E-state index in [9.17, 15) is 9.59 Å². The first-order valence-electron chi connectivity index (χ1n) is 8.76. The molecule has 0 unspecified atom stereocenters. The van der Waals surface area contributed by atoms with Crippen molar-refractivity contribution in [3.63, 3.8) is 0 Å². The fourth-order valence-electron chi connectivity index (χ4n) is 3.35. The van der Waals surface area contributed by atoms with E-state index in [2.05, 4.69) is 26.8 Å². The van der Waals surface area contributed by atoms with Crippen molar-refractivity contribution in [1.82, 2.24) is 20.1 Å². The molecule has 7 heteroatoms. The average molecular weight is 361 g/mol. The van der Waals surface area contributed by atoms with E-state index in [0.29, 0.717) is 11.5 Å². The Hall–Kier alpha value is -3.48. The van der Waals surface area contributed by atoms with Crippen LogP contribution in [0.25, 0.3) is 11.3 Å². The zero-order valence-electron chi connectivity index (χ0n) is 14.8. The average Bonchev–Trinajstić information content (AvgIpc) is 3.26. The van der Waals surface area contributed by atoms with E-state index in [-0.39, 0.29) is 6.04 Å². The molecule has 3 aromatic rings. The van der Waals surface area contributed by atoms with Crippen molar-refractivity contribution >= 4 is 17.6 Å². The third-order valence-electron chi connectivity index (χ3n) is 4.74. The lowest BCUT2D eigenvalue weighted by Gasteiger charge is -2.13. The van der Waals surface area contributed by atoms with Crippen molar-refractivity contribution in [3.05, 3.63) is 66.0 Å². The van der Waals surface area contributed by atoms with Gasteiger partial charge in [0.15, 0.2) is 0 Å². The molecule has 0 bridgehead atoms. The standard InChI is InChI=1S/C20H19N5O2/c1-25-18(12-17(24-25)14-8-10-21-11-9-14)23-20(27)19(26)22-16-7-6-13-4-2-3-5-15(13)16/h2-5,8-12,16H,6-7H2,1H3,(H,22,26)(H,23,27)/t16-/m0/s1. The Kier molecular flexibility index (Phi) is 4.42. The molecule has 0 aliphatic heterocycles. The van der Waals surface area contributed by atoms with Crippen LogP contribution >= 0.6 is 0 Å². The van der Waals surface area contributed by atoms with E-state index >= 15 is 0 Å². The molecule has 27 heavy (non-hydrogen) atoms. The molecule has 4 rings (SSSR count). The third-order valence-corrected chi connectivity index (χ3v) is 4.74. The van der Waals surface area contributed by atoms with Crippen molar-refractivity contribution in [2.75, 3.05) is 5.32 Å².